The maximum Gasteiger partial charge on any atom is 0.244 e. The van der Waals surface area contributed by atoms with E-state index >= 15 is 0 Å². The Bertz CT molecular complexity index is 646. The van der Waals surface area contributed by atoms with E-state index in [1.165, 1.54) is 0 Å². The second kappa shape index (κ2) is 5.83. The summed E-state index contributed by atoms with van der Waals surface area (Å²) in [7, 11) is 0. The number of ether oxygens (including phenoxy) is 1. The van der Waals surface area contributed by atoms with Crippen molar-refractivity contribution in [2.75, 3.05) is 0 Å². The smallest absolute Gasteiger partial charge is 0.244 e. The standard InChI is InChI=1S/C18H17NO2/c1-2-3-12-17(20)19-18-13-8-4-6-10-15(13)21-16-11-7-5-9-14(16)18/h3-12,18H,2H2,1H3,(H,19,20). The van der Waals surface area contributed by atoms with E-state index in [0.29, 0.717) is 0 Å². The average molecular weight is 279 g/mol. The van der Waals surface area contributed by atoms with Gasteiger partial charge in [-0.05, 0) is 24.6 Å². The molecule has 0 unspecified atom stereocenters. The Hall–Kier alpha value is -2.55. The van der Waals surface area contributed by atoms with Crippen LogP contribution in [0.15, 0.2) is 60.7 Å². The molecule has 0 fully saturated rings. The van der Waals surface area contributed by atoms with Crippen LogP contribution in [0.3, 0.4) is 0 Å². The molecule has 3 rings (SSSR count). The van der Waals surface area contributed by atoms with Crippen molar-refractivity contribution in [2.24, 2.45) is 0 Å². The molecule has 1 amide bonds. The zero-order valence-corrected chi connectivity index (χ0v) is 11.9. The minimum Gasteiger partial charge on any atom is -0.457 e. The van der Waals surface area contributed by atoms with Crippen LogP contribution in [0.4, 0.5) is 0 Å². The Kier molecular flexibility index (Phi) is 3.73. The summed E-state index contributed by atoms with van der Waals surface area (Å²) < 4.78 is 5.90. The average Bonchev–Trinajstić information content (AvgIpc) is 2.52. The number of amides is 1. The van der Waals surface area contributed by atoms with E-state index in [-0.39, 0.29) is 11.9 Å². The zero-order valence-electron chi connectivity index (χ0n) is 11.9. The summed E-state index contributed by atoms with van der Waals surface area (Å²) in [5.74, 6) is 1.50. The van der Waals surface area contributed by atoms with Crippen LogP contribution in [-0.2, 0) is 4.79 Å². The number of para-hydroxylation sites is 2. The van der Waals surface area contributed by atoms with Gasteiger partial charge in [0, 0.05) is 11.1 Å². The minimum absolute atomic E-state index is 0.0895. The van der Waals surface area contributed by atoms with Crippen molar-refractivity contribution in [3.05, 3.63) is 71.8 Å². The molecular weight excluding hydrogens is 262 g/mol. The fourth-order valence-corrected chi connectivity index (χ4v) is 2.48. The highest BCUT2D eigenvalue weighted by Gasteiger charge is 2.27. The lowest BCUT2D eigenvalue weighted by Crippen LogP contribution is -2.29. The molecule has 1 aliphatic rings. The van der Waals surface area contributed by atoms with Crippen LogP contribution in [-0.4, -0.2) is 5.91 Å². The number of carbonyl (C=O) groups is 1. The molecule has 0 aliphatic carbocycles. The zero-order chi connectivity index (χ0) is 14.7. The first-order valence-corrected chi connectivity index (χ1v) is 7.12. The third-order valence-corrected chi connectivity index (χ3v) is 3.47. The molecule has 106 valence electrons. The molecular formula is C18H17NO2. The van der Waals surface area contributed by atoms with Crippen molar-refractivity contribution in [2.45, 2.75) is 19.4 Å². The number of carbonyl (C=O) groups excluding carboxylic acids is 1. The summed E-state index contributed by atoms with van der Waals surface area (Å²) in [5.41, 5.74) is 1.96. The van der Waals surface area contributed by atoms with Crippen molar-refractivity contribution >= 4 is 5.91 Å². The van der Waals surface area contributed by atoms with Gasteiger partial charge in [-0.25, -0.2) is 0 Å². The van der Waals surface area contributed by atoms with E-state index in [0.717, 1.165) is 29.0 Å². The Morgan fingerprint density at radius 2 is 1.67 bits per heavy atom. The molecule has 21 heavy (non-hydrogen) atoms. The van der Waals surface area contributed by atoms with E-state index in [4.69, 9.17) is 4.74 Å². The van der Waals surface area contributed by atoms with E-state index in [1.54, 1.807) is 6.08 Å². The Morgan fingerprint density at radius 3 is 2.24 bits per heavy atom. The lowest BCUT2D eigenvalue weighted by molar-refractivity contribution is -0.117. The molecule has 1 aliphatic heterocycles. The molecule has 0 spiro atoms. The maximum atomic E-state index is 12.1. The van der Waals surface area contributed by atoms with Gasteiger partial charge >= 0.3 is 0 Å². The molecule has 3 nitrogen and oxygen atoms in total. The van der Waals surface area contributed by atoms with Crippen LogP contribution in [0.25, 0.3) is 0 Å². The fraction of sp³-hybridized carbons (Fsp3) is 0.167. The van der Waals surface area contributed by atoms with Crippen molar-refractivity contribution < 1.29 is 9.53 Å². The molecule has 2 aromatic rings. The third-order valence-electron chi connectivity index (χ3n) is 3.47. The molecule has 0 saturated heterocycles. The molecule has 0 radical (unpaired) electrons. The largest absolute Gasteiger partial charge is 0.457 e. The van der Waals surface area contributed by atoms with Gasteiger partial charge in [-0.2, -0.15) is 0 Å². The van der Waals surface area contributed by atoms with Crippen molar-refractivity contribution in [1.29, 1.82) is 0 Å². The van der Waals surface area contributed by atoms with Gasteiger partial charge < -0.3 is 10.1 Å². The van der Waals surface area contributed by atoms with Gasteiger partial charge in [0.1, 0.15) is 11.5 Å². The monoisotopic (exact) mass is 279 g/mol. The first-order chi connectivity index (χ1) is 10.3. The van der Waals surface area contributed by atoms with Gasteiger partial charge in [-0.1, -0.05) is 49.4 Å². The van der Waals surface area contributed by atoms with Gasteiger partial charge in [0.05, 0.1) is 6.04 Å². The van der Waals surface area contributed by atoms with Gasteiger partial charge in [0.2, 0.25) is 5.91 Å². The number of hydrogen-bond acceptors (Lipinski definition) is 2. The number of allylic oxidation sites excluding steroid dienone is 1. The van der Waals surface area contributed by atoms with Crippen LogP contribution in [0.1, 0.15) is 30.5 Å². The Balaban J connectivity index is 1.98. The van der Waals surface area contributed by atoms with Gasteiger partial charge in [-0.15, -0.1) is 0 Å². The predicted molar refractivity (Wildman–Crippen MR) is 82.4 cm³/mol. The highest BCUT2D eigenvalue weighted by Crippen LogP contribution is 2.42. The highest BCUT2D eigenvalue weighted by atomic mass is 16.5. The summed E-state index contributed by atoms with van der Waals surface area (Å²) in [5, 5.41) is 3.06. The molecule has 0 atom stereocenters. The number of rotatable bonds is 3. The minimum atomic E-state index is -0.180. The van der Waals surface area contributed by atoms with E-state index in [2.05, 4.69) is 5.32 Å². The molecule has 0 bridgehead atoms. The van der Waals surface area contributed by atoms with Crippen LogP contribution >= 0.6 is 0 Å². The van der Waals surface area contributed by atoms with E-state index in [1.807, 2.05) is 61.5 Å². The van der Waals surface area contributed by atoms with Crippen LogP contribution in [0.2, 0.25) is 0 Å². The number of fused-ring (bicyclic) bond motifs is 2. The second-order valence-electron chi connectivity index (χ2n) is 4.93. The normalized spacial score (nSPS) is 13.4. The summed E-state index contributed by atoms with van der Waals surface area (Å²) in [4.78, 5) is 12.1. The lowest BCUT2D eigenvalue weighted by atomic mass is 9.94. The van der Waals surface area contributed by atoms with E-state index in [9.17, 15) is 4.79 Å². The first-order valence-electron chi connectivity index (χ1n) is 7.12. The molecule has 2 aromatic carbocycles. The molecule has 0 saturated carbocycles. The SMILES string of the molecule is CCC=CC(=O)NC1c2ccccc2Oc2ccccc21. The predicted octanol–water partition coefficient (Wildman–Crippen LogP) is 3.96. The first kappa shape index (κ1) is 13.4. The Morgan fingerprint density at radius 1 is 1.10 bits per heavy atom. The van der Waals surface area contributed by atoms with Crippen LogP contribution < -0.4 is 10.1 Å². The van der Waals surface area contributed by atoms with Crippen LogP contribution in [0, 0.1) is 0 Å². The highest BCUT2D eigenvalue weighted by molar-refractivity contribution is 5.88. The summed E-state index contributed by atoms with van der Waals surface area (Å²) in [6.07, 6.45) is 4.28. The maximum absolute atomic E-state index is 12.1. The molecule has 1 N–H and O–H groups in total. The van der Waals surface area contributed by atoms with Gasteiger partial charge in [-0.3, -0.25) is 4.79 Å². The molecule has 1 heterocycles. The van der Waals surface area contributed by atoms with Gasteiger partial charge in [0.15, 0.2) is 0 Å². The van der Waals surface area contributed by atoms with Crippen LogP contribution in [0.5, 0.6) is 11.5 Å². The Labute approximate surface area is 124 Å². The summed E-state index contributed by atoms with van der Waals surface area (Å²) in [6.45, 7) is 2.00. The lowest BCUT2D eigenvalue weighted by Gasteiger charge is -2.28. The van der Waals surface area contributed by atoms with Crippen molar-refractivity contribution in [1.82, 2.24) is 5.32 Å². The third kappa shape index (κ3) is 2.68. The van der Waals surface area contributed by atoms with Crippen molar-refractivity contribution in [3.63, 3.8) is 0 Å². The summed E-state index contributed by atoms with van der Waals surface area (Å²) in [6, 6.07) is 15.4. The van der Waals surface area contributed by atoms with Crippen molar-refractivity contribution in [3.8, 4) is 11.5 Å². The quantitative estimate of drug-likeness (QED) is 0.863. The number of hydrogen-bond donors (Lipinski definition) is 1. The van der Waals surface area contributed by atoms with Gasteiger partial charge in [0.25, 0.3) is 0 Å². The second-order valence-corrected chi connectivity index (χ2v) is 4.93. The number of nitrogens with one attached hydrogen (secondary N) is 1. The molecule has 0 aromatic heterocycles. The van der Waals surface area contributed by atoms with E-state index < -0.39 is 0 Å². The topological polar surface area (TPSA) is 38.3 Å². The summed E-state index contributed by atoms with van der Waals surface area (Å²) >= 11 is 0. The number of benzene rings is 2. The fourth-order valence-electron chi connectivity index (χ4n) is 2.48. The molecule has 3 heteroatoms.